The van der Waals surface area contributed by atoms with Gasteiger partial charge in [0.1, 0.15) is 18.4 Å². The van der Waals surface area contributed by atoms with Crippen LogP contribution in [0.25, 0.3) is 16.9 Å². The number of anilines is 2. The molecule has 134 valence electrons. The molecular weight excluding hydrogens is 348 g/mol. The van der Waals surface area contributed by atoms with Crippen molar-refractivity contribution in [1.82, 2.24) is 19.5 Å². The van der Waals surface area contributed by atoms with Crippen molar-refractivity contribution in [2.45, 2.75) is 0 Å². The maximum atomic E-state index is 11.8. The van der Waals surface area contributed by atoms with Gasteiger partial charge < -0.3 is 10.1 Å². The van der Waals surface area contributed by atoms with Gasteiger partial charge in [-0.15, -0.1) is 0 Å². The Morgan fingerprint density at radius 3 is 2.59 bits per heavy atom. The van der Waals surface area contributed by atoms with Crippen LogP contribution in [0.4, 0.5) is 17.2 Å². The van der Waals surface area contributed by atoms with E-state index in [0.717, 1.165) is 11.0 Å². The molecule has 9 nitrogen and oxygen atoms in total. The highest BCUT2D eigenvalue weighted by Crippen LogP contribution is 2.32. The summed E-state index contributed by atoms with van der Waals surface area (Å²) < 4.78 is 6.70. The Kier molecular flexibility index (Phi) is 4.09. The van der Waals surface area contributed by atoms with Crippen molar-refractivity contribution < 1.29 is 9.66 Å². The van der Waals surface area contributed by atoms with E-state index in [1.165, 1.54) is 12.7 Å². The Hall–Kier alpha value is -4.01. The van der Waals surface area contributed by atoms with Gasteiger partial charge >= 0.3 is 5.69 Å². The number of fused-ring (bicyclic) bond motifs is 1. The van der Waals surface area contributed by atoms with E-state index in [-0.39, 0.29) is 17.3 Å². The molecule has 0 radical (unpaired) electrons. The standard InChI is InChI=1S/C18H14N6O3/c1-27-13-8-6-12(7-9-13)22-17-16(24(25)26)18(20-10-19-17)23-11-21-14-4-2-3-5-15(14)23/h2-11H,1H3,(H,19,20,22). The Balaban J connectivity index is 1.81. The number of nitrogens with zero attached hydrogens (tertiary/aromatic N) is 5. The predicted octanol–water partition coefficient (Wildman–Crippen LogP) is 3.48. The Morgan fingerprint density at radius 2 is 1.85 bits per heavy atom. The summed E-state index contributed by atoms with van der Waals surface area (Å²) in [7, 11) is 1.57. The van der Waals surface area contributed by atoms with Gasteiger partial charge in [-0.25, -0.2) is 15.0 Å². The molecule has 0 aliphatic rings. The number of rotatable bonds is 5. The minimum absolute atomic E-state index is 0.0907. The van der Waals surface area contributed by atoms with Gasteiger partial charge in [-0.05, 0) is 36.4 Å². The largest absolute Gasteiger partial charge is 0.497 e. The van der Waals surface area contributed by atoms with Crippen LogP contribution in [0.5, 0.6) is 5.75 Å². The lowest BCUT2D eigenvalue weighted by Crippen LogP contribution is -2.07. The minimum Gasteiger partial charge on any atom is -0.497 e. The van der Waals surface area contributed by atoms with Gasteiger partial charge in [0.2, 0.25) is 11.6 Å². The highest BCUT2D eigenvalue weighted by molar-refractivity contribution is 5.79. The summed E-state index contributed by atoms with van der Waals surface area (Å²) in [5.74, 6) is 0.913. The number of para-hydroxylation sites is 2. The molecule has 4 rings (SSSR count). The number of hydrogen-bond donors (Lipinski definition) is 1. The van der Waals surface area contributed by atoms with Crippen molar-refractivity contribution in [2.24, 2.45) is 0 Å². The third-order valence-electron chi connectivity index (χ3n) is 4.02. The van der Waals surface area contributed by atoms with Crippen LogP contribution >= 0.6 is 0 Å². The van der Waals surface area contributed by atoms with Gasteiger partial charge in [-0.1, -0.05) is 12.1 Å². The molecule has 0 aliphatic heterocycles. The number of benzene rings is 2. The Bertz CT molecular complexity index is 1120. The molecule has 1 N–H and O–H groups in total. The van der Waals surface area contributed by atoms with E-state index >= 15 is 0 Å². The highest BCUT2D eigenvalue weighted by atomic mass is 16.6. The van der Waals surface area contributed by atoms with Crippen LogP contribution < -0.4 is 10.1 Å². The summed E-state index contributed by atoms with van der Waals surface area (Å²) in [5, 5.41) is 14.8. The summed E-state index contributed by atoms with van der Waals surface area (Å²) in [5.41, 5.74) is 1.83. The third kappa shape index (κ3) is 3.01. The molecule has 2 heterocycles. The monoisotopic (exact) mass is 362 g/mol. The second-order valence-corrected chi connectivity index (χ2v) is 5.61. The van der Waals surface area contributed by atoms with Crippen molar-refractivity contribution >= 4 is 28.2 Å². The smallest absolute Gasteiger partial charge is 0.354 e. The maximum absolute atomic E-state index is 11.8. The van der Waals surface area contributed by atoms with Crippen LogP contribution in [0.1, 0.15) is 0 Å². The SMILES string of the molecule is COc1ccc(Nc2ncnc(-n3cnc4ccccc43)c2[N+](=O)[O-])cc1. The van der Waals surface area contributed by atoms with E-state index in [9.17, 15) is 10.1 Å². The zero-order valence-electron chi connectivity index (χ0n) is 14.2. The fraction of sp³-hybridized carbons (Fsp3) is 0.0556. The fourth-order valence-electron chi connectivity index (χ4n) is 2.74. The van der Waals surface area contributed by atoms with Crippen LogP contribution in [0.3, 0.4) is 0 Å². The van der Waals surface area contributed by atoms with Crippen molar-refractivity contribution in [3.05, 3.63) is 71.3 Å². The van der Waals surface area contributed by atoms with E-state index in [1.807, 2.05) is 24.3 Å². The second kappa shape index (κ2) is 6.71. The molecule has 0 atom stereocenters. The third-order valence-corrected chi connectivity index (χ3v) is 4.02. The van der Waals surface area contributed by atoms with E-state index in [2.05, 4.69) is 20.3 Å². The van der Waals surface area contributed by atoms with E-state index in [0.29, 0.717) is 11.4 Å². The minimum atomic E-state index is -0.504. The van der Waals surface area contributed by atoms with Gasteiger partial charge in [-0.2, -0.15) is 0 Å². The summed E-state index contributed by atoms with van der Waals surface area (Å²) >= 11 is 0. The fourth-order valence-corrected chi connectivity index (χ4v) is 2.74. The topological polar surface area (TPSA) is 108 Å². The molecule has 9 heteroatoms. The van der Waals surface area contributed by atoms with Crippen LogP contribution in [0.2, 0.25) is 0 Å². The van der Waals surface area contributed by atoms with Crippen LogP contribution in [-0.2, 0) is 0 Å². The number of imidazole rings is 1. The van der Waals surface area contributed by atoms with Crippen molar-refractivity contribution in [3.63, 3.8) is 0 Å². The summed E-state index contributed by atoms with van der Waals surface area (Å²) in [6, 6.07) is 14.3. The van der Waals surface area contributed by atoms with Gasteiger partial charge in [0.25, 0.3) is 0 Å². The Labute approximate surface area is 153 Å². The number of hydrogen-bond acceptors (Lipinski definition) is 7. The zero-order chi connectivity index (χ0) is 18.8. The first-order chi connectivity index (χ1) is 13.2. The zero-order valence-corrected chi connectivity index (χ0v) is 14.2. The van der Waals surface area contributed by atoms with Gasteiger partial charge in [0, 0.05) is 5.69 Å². The molecule has 0 aliphatic carbocycles. The summed E-state index contributed by atoms with van der Waals surface area (Å²) in [4.78, 5) is 23.8. The quantitative estimate of drug-likeness (QED) is 0.428. The van der Waals surface area contributed by atoms with Gasteiger partial charge in [-0.3, -0.25) is 14.7 Å². The molecular formula is C18H14N6O3. The summed E-state index contributed by atoms with van der Waals surface area (Å²) in [6.07, 6.45) is 2.79. The number of nitro groups is 1. The molecule has 2 aromatic heterocycles. The summed E-state index contributed by atoms with van der Waals surface area (Å²) in [6.45, 7) is 0. The van der Waals surface area contributed by atoms with E-state index in [4.69, 9.17) is 4.74 Å². The predicted molar refractivity (Wildman–Crippen MR) is 99.6 cm³/mol. The van der Waals surface area contributed by atoms with Crippen LogP contribution in [-0.4, -0.2) is 31.6 Å². The van der Waals surface area contributed by atoms with Gasteiger partial charge in [0.05, 0.1) is 23.1 Å². The van der Waals surface area contributed by atoms with Crippen LogP contribution in [0.15, 0.2) is 61.2 Å². The average Bonchev–Trinajstić information content (AvgIpc) is 3.12. The molecule has 4 aromatic rings. The van der Waals surface area contributed by atoms with E-state index < -0.39 is 4.92 Å². The Morgan fingerprint density at radius 1 is 1.07 bits per heavy atom. The molecule has 0 saturated carbocycles. The molecule has 0 bridgehead atoms. The van der Waals surface area contributed by atoms with Crippen molar-refractivity contribution in [2.75, 3.05) is 12.4 Å². The molecule has 0 amide bonds. The molecule has 0 fully saturated rings. The van der Waals surface area contributed by atoms with Gasteiger partial charge in [0.15, 0.2) is 0 Å². The lowest BCUT2D eigenvalue weighted by atomic mass is 10.3. The lowest BCUT2D eigenvalue weighted by Gasteiger charge is -2.10. The number of ether oxygens (including phenoxy) is 1. The first-order valence-electron chi connectivity index (χ1n) is 8.00. The number of nitrogens with one attached hydrogen (secondary N) is 1. The lowest BCUT2D eigenvalue weighted by molar-refractivity contribution is -0.384. The first-order valence-corrected chi connectivity index (χ1v) is 8.00. The average molecular weight is 362 g/mol. The van der Waals surface area contributed by atoms with Crippen LogP contribution in [0, 0.1) is 10.1 Å². The normalized spacial score (nSPS) is 10.7. The van der Waals surface area contributed by atoms with E-state index in [1.54, 1.807) is 35.9 Å². The first kappa shape index (κ1) is 16.5. The highest BCUT2D eigenvalue weighted by Gasteiger charge is 2.25. The number of aromatic nitrogens is 4. The maximum Gasteiger partial charge on any atom is 0.354 e. The molecule has 27 heavy (non-hydrogen) atoms. The number of methoxy groups -OCH3 is 1. The van der Waals surface area contributed by atoms with Crippen molar-refractivity contribution in [1.29, 1.82) is 0 Å². The molecule has 0 saturated heterocycles. The molecule has 0 unspecified atom stereocenters. The van der Waals surface area contributed by atoms with Crippen molar-refractivity contribution in [3.8, 4) is 11.6 Å². The molecule has 0 spiro atoms. The second-order valence-electron chi connectivity index (χ2n) is 5.61. The molecule has 2 aromatic carbocycles.